The van der Waals surface area contributed by atoms with Crippen LogP contribution < -0.4 is 9.47 Å². The third-order valence-electron chi connectivity index (χ3n) is 6.33. The van der Waals surface area contributed by atoms with E-state index in [1.54, 1.807) is 55.1 Å². The Bertz CT molecular complexity index is 1070. The van der Waals surface area contributed by atoms with Gasteiger partial charge in [0.1, 0.15) is 18.1 Å². The summed E-state index contributed by atoms with van der Waals surface area (Å²) in [5.74, 6) is -0.00297. The molecule has 1 atom stereocenters. The molecular formula is C29H40N2O8. The van der Waals surface area contributed by atoms with Crippen molar-refractivity contribution in [1.82, 2.24) is 4.90 Å². The van der Waals surface area contributed by atoms with Crippen LogP contribution in [0.2, 0.25) is 0 Å². The fourth-order valence-corrected chi connectivity index (χ4v) is 4.36. The van der Waals surface area contributed by atoms with Gasteiger partial charge in [0, 0.05) is 25.1 Å². The third kappa shape index (κ3) is 10.6. The zero-order valence-corrected chi connectivity index (χ0v) is 23.3. The molecule has 0 spiro atoms. The fourth-order valence-electron chi connectivity index (χ4n) is 4.36. The highest BCUT2D eigenvalue weighted by Crippen LogP contribution is 2.25. The zero-order valence-electron chi connectivity index (χ0n) is 23.3. The topological polar surface area (TPSA) is 128 Å². The smallest absolute Gasteiger partial charge is 0.415 e. The second kappa shape index (κ2) is 16.3. The molecule has 0 heterocycles. The first-order chi connectivity index (χ1) is 18.7. The lowest BCUT2D eigenvalue weighted by molar-refractivity contribution is -0.385. The molecule has 0 aliphatic carbocycles. The first-order valence-corrected chi connectivity index (χ1v) is 13.5. The van der Waals surface area contributed by atoms with Crippen molar-refractivity contribution in [1.29, 1.82) is 0 Å². The second-order valence-corrected chi connectivity index (χ2v) is 9.44. The highest BCUT2D eigenvalue weighted by Gasteiger charge is 2.22. The van der Waals surface area contributed by atoms with E-state index in [0.717, 1.165) is 31.2 Å². The van der Waals surface area contributed by atoms with Crippen LogP contribution in [0, 0.1) is 23.0 Å². The van der Waals surface area contributed by atoms with Crippen molar-refractivity contribution in [2.24, 2.45) is 5.92 Å². The highest BCUT2D eigenvalue weighted by molar-refractivity contribution is 5.72. The molecule has 1 unspecified atom stereocenters. The maximum atomic E-state index is 13.1. The standard InChI is InChI=1S/C29H40N2O8/c1-5-8-23(9-6-2)20-30(29(34)39-25-13-10-21(4)26(19-25)31(35)36)16-17-38-24-14-11-22(12-15-24)18-27(28(32)33)37-7-3/h10-15,19,23,27H,5-9,16-18,20H2,1-4H3,(H,32,33). The number of carboxylic acids is 1. The summed E-state index contributed by atoms with van der Waals surface area (Å²) in [5.41, 5.74) is 1.19. The maximum absolute atomic E-state index is 13.1. The zero-order chi connectivity index (χ0) is 28.8. The van der Waals surface area contributed by atoms with Crippen molar-refractivity contribution in [3.8, 4) is 11.5 Å². The summed E-state index contributed by atoms with van der Waals surface area (Å²) >= 11 is 0. The lowest BCUT2D eigenvalue weighted by Gasteiger charge is -2.27. The molecule has 2 aromatic carbocycles. The maximum Gasteiger partial charge on any atom is 0.415 e. The van der Waals surface area contributed by atoms with Crippen LogP contribution in [0.4, 0.5) is 10.5 Å². The molecule has 0 bridgehead atoms. The summed E-state index contributed by atoms with van der Waals surface area (Å²) in [5, 5.41) is 20.6. The van der Waals surface area contributed by atoms with Gasteiger partial charge in [-0.25, -0.2) is 9.59 Å². The molecule has 39 heavy (non-hydrogen) atoms. The number of aryl methyl sites for hydroxylation is 1. The second-order valence-electron chi connectivity index (χ2n) is 9.44. The average Bonchev–Trinajstić information content (AvgIpc) is 2.89. The lowest BCUT2D eigenvalue weighted by Crippen LogP contribution is -2.40. The van der Waals surface area contributed by atoms with Crippen LogP contribution in [-0.4, -0.2) is 59.4 Å². The SMILES string of the molecule is CCCC(CCC)CN(CCOc1ccc(CC(OCC)C(=O)O)cc1)C(=O)Oc1ccc(C)c([N+](=O)[O-])c1. The van der Waals surface area contributed by atoms with Crippen LogP contribution in [0.15, 0.2) is 42.5 Å². The van der Waals surface area contributed by atoms with Crippen molar-refractivity contribution in [3.05, 3.63) is 63.7 Å². The number of rotatable bonds is 17. The minimum Gasteiger partial charge on any atom is -0.492 e. The number of hydrogen-bond donors (Lipinski definition) is 1. The summed E-state index contributed by atoms with van der Waals surface area (Å²) in [4.78, 5) is 36.9. The molecule has 214 valence electrons. The number of carbonyl (C=O) groups excluding carboxylic acids is 1. The van der Waals surface area contributed by atoms with Crippen LogP contribution in [0.25, 0.3) is 0 Å². The van der Waals surface area contributed by atoms with E-state index >= 15 is 0 Å². The Kier molecular flexibility index (Phi) is 13.2. The van der Waals surface area contributed by atoms with E-state index < -0.39 is 23.1 Å². The van der Waals surface area contributed by atoms with Gasteiger partial charge in [-0.3, -0.25) is 10.1 Å². The van der Waals surface area contributed by atoms with E-state index in [-0.39, 0.29) is 31.0 Å². The van der Waals surface area contributed by atoms with E-state index in [2.05, 4.69) is 13.8 Å². The number of nitrogens with zero attached hydrogens (tertiary/aromatic N) is 2. The van der Waals surface area contributed by atoms with Crippen molar-refractivity contribution in [3.63, 3.8) is 0 Å². The van der Waals surface area contributed by atoms with Gasteiger partial charge in [-0.1, -0.05) is 38.8 Å². The van der Waals surface area contributed by atoms with Crippen LogP contribution in [0.3, 0.4) is 0 Å². The molecule has 0 radical (unpaired) electrons. The molecular weight excluding hydrogens is 504 g/mol. The van der Waals surface area contributed by atoms with Crippen LogP contribution in [0.1, 0.15) is 57.6 Å². The summed E-state index contributed by atoms with van der Waals surface area (Å²) in [6.45, 7) is 8.88. The van der Waals surface area contributed by atoms with Crippen molar-refractivity contribution in [2.75, 3.05) is 26.3 Å². The van der Waals surface area contributed by atoms with Gasteiger partial charge in [-0.05, 0) is 62.4 Å². The van der Waals surface area contributed by atoms with E-state index in [9.17, 15) is 24.8 Å². The van der Waals surface area contributed by atoms with Gasteiger partial charge in [0.05, 0.1) is 17.5 Å². The molecule has 10 nitrogen and oxygen atoms in total. The van der Waals surface area contributed by atoms with E-state index in [4.69, 9.17) is 14.2 Å². The number of ether oxygens (including phenoxy) is 3. The van der Waals surface area contributed by atoms with Crippen molar-refractivity contribution < 1.29 is 33.8 Å². The van der Waals surface area contributed by atoms with Gasteiger partial charge in [-0.15, -0.1) is 0 Å². The van der Waals surface area contributed by atoms with Crippen LogP contribution in [-0.2, 0) is 16.0 Å². The third-order valence-corrected chi connectivity index (χ3v) is 6.33. The number of carboxylic acid groups (broad SMARTS) is 1. The molecule has 0 fully saturated rings. The Morgan fingerprint density at radius 3 is 2.23 bits per heavy atom. The minimum atomic E-state index is -1.01. The Balaban J connectivity index is 2.07. The minimum absolute atomic E-state index is 0.107. The lowest BCUT2D eigenvalue weighted by atomic mass is 9.98. The largest absolute Gasteiger partial charge is 0.492 e. The molecule has 1 amide bonds. The highest BCUT2D eigenvalue weighted by atomic mass is 16.6. The van der Waals surface area contributed by atoms with Gasteiger partial charge < -0.3 is 24.2 Å². The normalized spacial score (nSPS) is 11.7. The first kappa shape index (κ1) is 31.6. The molecule has 0 saturated heterocycles. The molecule has 1 N–H and O–H groups in total. The molecule has 0 aliphatic rings. The van der Waals surface area contributed by atoms with Crippen LogP contribution >= 0.6 is 0 Å². The van der Waals surface area contributed by atoms with E-state index in [1.165, 1.54) is 6.07 Å². The Morgan fingerprint density at radius 2 is 1.67 bits per heavy atom. The summed E-state index contributed by atoms with van der Waals surface area (Å²) in [6, 6.07) is 11.5. The molecule has 0 aliphatic heterocycles. The van der Waals surface area contributed by atoms with Gasteiger partial charge in [-0.2, -0.15) is 0 Å². The molecule has 0 saturated carbocycles. The summed E-state index contributed by atoms with van der Waals surface area (Å²) in [7, 11) is 0. The van der Waals surface area contributed by atoms with Gasteiger partial charge in [0.2, 0.25) is 0 Å². The Labute approximate surface area is 230 Å². The number of benzene rings is 2. The number of nitro groups is 1. The number of aliphatic carboxylic acids is 1. The van der Waals surface area contributed by atoms with Gasteiger partial charge in [0.25, 0.3) is 5.69 Å². The molecule has 10 heteroatoms. The predicted octanol–water partition coefficient (Wildman–Crippen LogP) is 6.03. The quantitative estimate of drug-likeness (QED) is 0.189. The molecule has 0 aromatic heterocycles. The van der Waals surface area contributed by atoms with E-state index in [0.29, 0.717) is 30.4 Å². The van der Waals surface area contributed by atoms with Crippen molar-refractivity contribution in [2.45, 2.75) is 65.9 Å². The van der Waals surface area contributed by atoms with E-state index in [1.807, 2.05) is 0 Å². The number of carbonyl (C=O) groups is 2. The summed E-state index contributed by atoms with van der Waals surface area (Å²) in [6.07, 6.45) is 2.68. The fraction of sp³-hybridized carbons (Fsp3) is 0.517. The summed E-state index contributed by atoms with van der Waals surface area (Å²) < 4.78 is 16.7. The monoisotopic (exact) mass is 544 g/mol. The number of hydrogen-bond acceptors (Lipinski definition) is 7. The van der Waals surface area contributed by atoms with Gasteiger partial charge in [0.15, 0.2) is 6.10 Å². The molecule has 2 rings (SSSR count). The number of nitro benzene ring substituents is 1. The Hall–Kier alpha value is -3.66. The van der Waals surface area contributed by atoms with Crippen LogP contribution in [0.5, 0.6) is 11.5 Å². The Morgan fingerprint density at radius 1 is 1.03 bits per heavy atom. The van der Waals surface area contributed by atoms with Gasteiger partial charge >= 0.3 is 12.1 Å². The first-order valence-electron chi connectivity index (χ1n) is 13.5. The average molecular weight is 545 g/mol. The predicted molar refractivity (Wildman–Crippen MR) is 147 cm³/mol. The van der Waals surface area contributed by atoms with Crippen molar-refractivity contribution >= 4 is 17.7 Å². The molecule has 2 aromatic rings. The number of amides is 1.